The van der Waals surface area contributed by atoms with Gasteiger partial charge in [0.1, 0.15) is 5.75 Å². The van der Waals surface area contributed by atoms with E-state index < -0.39 is 17.9 Å². The van der Waals surface area contributed by atoms with Crippen LogP contribution in [-0.4, -0.2) is 47.0 Å². The second kappa shape index (κ2) is 22.5. The van der Waals surface area contributed by atoms with Gasteiger partial charge in [0.25, 0.3) is 0 Å². The van der Waals surface area contributed by atoms with Gasteiger partial charge in [-0.2, -0.15) is 0 Å². The Bertz CT molecular complexity index is 1640. The number of thioether (sulfide) groups is 1. The predicted molar refractivity (Wildman–Crippen MR) is 217 cm³/mol. The van der Waals surface area contributed by atoms with Crippen LogP contribution < -0.4 is 10.1 Å². The number of ether oxygens (including phenoxy) is 3. The number of H-pyrrole nitrogens is 1. The largest absolute Gasteiger partial charge is 0.494 e. The number of esters is 2. The van der Waals surface area contributed by atoms with Crippen LogP contribution in [0.15, 0.2) is 70.2 Å². The lowest BCUT2D eigenvalue weighted by Crippen LogP contribution is -2.35. The van der Waals surface area contributed by atoms with Gasteiger partial charge in [-0.25, -0.2) is 14.6 Å². The molecular weight excluding hydrogens is 683 g/mol. The van der Waals surface area contributed by atoms with Crippen molar-refractivity contribution in [2.24, 2.45) is 0 Å². The van der Waals surface area contributed by atoms with Gasteiger partial charge in [-0.05, 0) is 71.2 Å². The van der Waals surface area contributed by atoms with Crippen molar-refractivity contribution < 1.29 is 23.8 Å². The number of hydrogen-bond acceptors (Lipinski definition) is 8. The Labute approximate surface area is 322 Å². The molecule has 2 aromatic carbocycles. The summed E-state index contributed by atoms with van der Waals surface area (Å²) in [5.74, 6) is -0.602. The number of hydrogen-bond donors (Lipinski definition) is 2. The fourth-order valence-electron chi connectivity index (χ4n) is 7.18. The van der Waals surface area contributed by atoms with Crippen LogP contribution in [0.4, 0.5) is 0 Å². The number of fused-ring (bicyclic) bond motifs is 1. The lowest BCUT2D eigenvalue weighted by molar-refractivity contribution is -0.143. The predicted octanol–water partition coefficient (Wildman–Crippen LogP) is 11.1. The molecule has 0 radical (unpaired) electrons. The molecule has 2 heterocycles. The molecule has 0 saturated carbocycles. The van der Waals surface area contributed by atoms with Gasteiger partial charge in [0.2, 0.25) is 0 Å². The number of nitrogens with one attached hydrogen (secondary N) is 2. The first-order valence-electron chi connectivity index (χ1n) is 20.2. The Morgan fingerprint density at radius 1 is 0.792 bits per heavy atom. The third-order valence-corrected chi connectivity index (χ3v) is 10.6. The fraction of sp³-hybridized carbons (Fsp3) is 0.568. The number of aromatic amines is 1. The number of benzene rings is 2. The van der Waals surface area contributed by atoms with Gasteiger partial charge in [-0.15, -0.1) is 0 Å². The van der Waals surface area contributed by atoms with Gasteiger partial charge in [-0.3, -0.25) is 0 Å². The van der Waals surface area contributed by atoms with Gasteiger partial charge in [0.05, 0.1) is 47.4 Å². The minimum absolute atomic E-state index is 0.214. The van der Waals surface area contributed by atoms with Crippen molar-refractivity contribution in [3.8, 4) is 5.75 Å². The van der Waals surface area contributed by atoms with Crippen LogP contribution in [0.2, 0.25) is 0 Å². The topological polar surface area (TPSA) is 103 Å². The van der Waals surface area contributed by atoms with Gasteiger partial charge in [0.15, 0.2) is 5.16 Å². The molecule has 0 saturated heterocycles. The summed E-state index contributed by atoms with van der Waals surface area (Å²) in [7, 11) is 0. The van der Waals surface area contributed by atoms with Crippen molar-refractivity contribution in [1.82, 2.24) is 15.3 Å². The van der Waals surface area contributed by atoms with E-state index in [1.807, 2.05) is 64.1 Å². The quantitative estimate of drug-likeness (QED) is 0.0531. The highest BCUT2D eigenvalue weighted by molar-refractivity contribution is 7.99. The van der Waals surface area contributed by atoms with Crippen molar-refractivity contribution in [1.29, 1.82) is 0 Å². The molecule has 3 aromatic rings. The van der Waals surface area contributed by atoms with E-state index >= 15 is 0 Å². The fourth-order valence-corrected chi connectivity index (χ4v) is 8.04. The number of carbonyl (C=O) groups excluding carboxylic acids is 2. The molecule has 8 nitrogen and oxygen atoms in total. The standard InChI is InChI=1S/C44H63N3O5S/c1-7-10-11-12-13-14-15-16-17-18-19-20-21-25-33-26-24-29-37(50-8-2)39(33)41-38(42(48)51-9-3)32(6)45-36(40(41)43(49)52-31(4)5)30-53-44-46-34-27-22-23-28-35(34)47-44/h22-24,26-29,31,41,45H,7-21,25,30H2,1-6H3,(H,46,47). The van der Waals surface area contributed by atoms with Crippen LogP contribution in [-0.2, 0) is 25.5 Å². The average Bonchev–Trinajstić information content (AvgIpc) is 3.55. The molecule has 4 rings (SSSR count). The van der Waals surface area contributed by atoms with E-state index in [0.717, 1.165) is 46.6 Å². The molecule has 2 N–H and O–H groups in total. The molecule has 0 spiro atoms. The Morgan fingerprint density at radius 2 is 1.45 bits per heavy atom. The molecule has 1 aromatic heterocycles. The summed E-state index contributed by atoms with van der Waals surface area (Å²) in [4.78, 5) is 36.3. The summed E-state index contributed by atoms with van der Waals surface area (Å²) < 4.78 is 17.9. The number of imidazole rings is 1. The minimum Gasteiger partial charge on any atom is -0.494 e. The van der Waals surface area contributed by atoms with Crippen molar-refractivity contribution in [3.63, 3.8) is 0 Å². The van der Waals surface area contributed by atoms with Crippen molar-refractivity contribution >= 4 is 34.7 Å². The van der Waals surface area contributed by atoms with Crippen LogP contribution in [0.3, 0.4) is 0 Å². The van der Waals surface area contributed by atoms with Gasteiger partial charge in [0, 0.05) is 22.7 Å². The Balaban J connectivity index is 1.61. The van der Waals surface area contributed by atoms with Gasteiger partial charge >= 0.3 is 11.9 Å². The van der Waals surface area contributed by atoms with Crippen LogP contribution in [0.5, 0.6) is 5.75 Å². The molecule has 290 valence electrons. The second-order valence-electron chi connectivity index (χ2n) is 14.3. The monoisotopic (exact) mass is 745 g/mol. The van der Waals surface area contributed by atoms with Gasteiger partial charge < -0.3 is 24.5 Å². The lowest BCUT2D eigenvalue weighted by Gasteiger charge is -2.33. The minimum atomic E-state index is -0.743. The molecule has 53 heavy (non-hydrogen) atoms. The zero-order valence-corrected chi connectivity index (χ0v) is 33.9. The van der Waals surface area contributed by atoms with Crippen LogP contribution in [0, 0.1) is 0 Å². The van der Waals surface area contributed by atoms with E-state index in [4.69, 9.17) is 19.2 Å². The van der Waals surface area contributed by atoms with E-state index in [9.17, 15) is 9.59 Å². The maximum atomic E-state index is 14.3. The molecule has 0 fully saturated rings. The molecule has 1 unspecified atom stereocenters. The molecular formula is C44H63N3O5S. The summed E-state index contributed by atoms with van der Waals surface area (Å²) >= 11 is 1.50. The van der Waals surface area contributed by atoms with Gasteiger partial charge in [-0.1, -0.05) is 120 Å². The summed E-state index contributed by atoms with van der Waals surface area (Å²) in [6, 6.07) is 14.0. The molecule has 1 atom stereocenters. The Morgan fingerprint density at radius 3 is 2.08 bits per heavy atom. The SMILES string of the molecule is CCCCCCCCCCCCCCCc1cccc(OCC)c1C1C(C(=O)OCC)=C(C)NC(CSc2nc3ccccc3[nH]2)=C1C(=O)OC(C)C. The highest BCUT2D eigenvalue weighted by atomic mass is 32.2. The van der Waals surface area contributed by atoms with E-state index in [2.05, 4.69) is 23.3 Å². The van der Waals surface area contributed by atoms with E-state index in [-0.39, 0.29) is 12.7 Å². The number of carbonyl (C=O) groups is 2. The molecule has 9 heteroatoms. The molecule has 0 bridgehead atoms. The number of rotatable bonds is 24. The highest BCUT2D eigenvalue weighted by Gasteiger charge is 2.41. The first-order chi connectivity index (χ1) is 25.8. The average molecular weight is 746 g/mol. The summed E-state index contributed by atoms with van der Waals surface area (Å²) in [6.07, 6.45) is 17.2. The third kappa shape index (κ3) is 12.4. The number of aromatic nitrogens is 2. The van der Waals surface area contributed by atoms with E-state index in [1.54, 1.807) is 6.92 Å². The molecule has 0 aliphatic carbocycles. The Kier molecular flexibility index (Phi) is 17.8. The Hall–Kier alpha value is -3.72. The maximum Gasteiger partial charge on any atom is 0.337 e. The number of para-hydroxylation sites is 2. The molecule has 1 aliphatic rings. The number of allylic oxidation sites excluding steroid dienone is 1. The number of dihydropyridines is 1. The summed E-state index contributed by atoms with van der Waals surface area (Å²) in [5.41, 5.74) is 5.85. The first kappa shape index (κ1) is 42.0. The summed E-state index contributed by atoms with van der Waals surface area (Å²) in [6.45, 7) is 12.2. The zero-order valence-electron chi connectivity index (χ0n) is 33.1. The zero-order chi connectivity index (χ0) is 38.0. The van der Waals surface area contributed by atoms with Crippen molar-refractivity contribution in [2.75, 3.05) is 19.0 Å². The lowest BCUT2D eigenvalue weighted by atomic mass is 9.77. The van der Waals surface area contributed by atoms with Crippen LogP contribution in [0.1, 0.15) is 142 Å². The van der Waals surface area contributed by atoms with Crippen LogP contribution >= 0.6 is 11.8 Å². The smallest absolute Gasteiger partial charge is 0.337 e. The normalized spacial score (nSPS) is 14.6. The maximum absolute atomic E-state index is 14.3. The number of nitrogens with zero attached hydrogens (tertiary/aromatic N) is 1. The molecule has 1 aliphatic heterocycles. The number of aryl methyl sites for hydroxylation is 1. The third-order valence-electron chi connectivity index (χ3n) is 9.72. The second-order valence-corrected chi connectivity index (χ2v) is 15.2. The first-order valence-corrected chi connectivity index (χ1v) is 21.2. The molecule has 0 amide bonds. The van der Waals surface area contributed by atoms with Crippen molar-refractivity contribution in [3.05, 3.63) is 76.1 Å². The van der Waals surface area contributed by atoms with E-state index in [1.165, 1.54) is 82.4 Å². The summed E-state index contributed by atoms with van der Waals surface area (Å²) in [5, 5.41) is 4.17. The number of unbranched alkanes of at least 4 members (excludes halogenated alkanes) is 12. The van der Waals surface area contributed by atoms with Crippen molar-refractivity contribution in [2.45, 2.75) is 149 Å². The highest BCUT2D eigenvalue weighted by Crippen LogP contribution is 2.45. The van der Waals surface area contributed by atoms with E-state index in [0.29, 0.717) is 40.6 Å². The van der Waals surface area contributed by atoms with Crippen LogP contribution in [0.25, 0.3) is 11.0 Å².